The number of ether oxygens (including phenoxy) is 2. The maximum Gasteiger partial charge on any atom is 0.337 e. The van der Waals surface area contributed by atoms with E-state index in [1.165, 1.54) is 7.11 Å². The number of carbonyl (C=O) groups excluding carboxylic acids is 2. The molecule has 0 heterocycles. The Bertz CT molecular complexity index is 535. The summed E-state index contributed by atoms with van der Waals surface area (Å²) in [4.78, 5) is 23.4. The third-order valence-corrected chi connectivity index (χ3v) is 3.02. The van der Waals surface area contributed by atoms with Crippen LogP contribution in [-0.4, -0.2) is 24.6 Å². The van der Waals surface area contributed by atoms with Gasteiger partial charge in [0.15, 0.2) is 0 Å². The molecule has 1 unspecified atom stereocenters. The van der Waals surface area contributed by atoms with E-state index in [2.05, 4.69) is 11.3 Å². The highest BCUT2D eigenvalue weighted by atomic mass is 16.6. The minimum atomic E-state index is -0.547. The van der Waals surface area contributed by atoms with E-state index >= 15 is 0 Å². The molecule has 0 bridgehead atoms. The van der Waals surface area contributed by atoms with Crippen molar-refractivity contribution < 1.29 is 19.1 Å². The minimum Gasteiger partial charge on any atom is -0.465 e. The highest BCUT2D eigenvalue weighted by Crippen LogP contribution is 2.25. The summed E-state index contributed by atoms with van der Waals surface area (Å²) in [6, 6.07) is 6.90. The van der Waals surface area contributed by atoms with E-state index in [0.717, 1.165) is 5.56 Å². The summed E-state index contributed by atoms with van der Waals surface area (Å²) in [5, 5.41) is 0. The number of hydrogen-bond acceptors (Lipinski definition) is 4. The number of carbonyl (C=O) groups is 2. The summed E-state index contributed by atoms with van der Waals surface area (Å²) in [6.07, 6.45) is 0. The standard InChI is InChI=1S/C17H22O4/c1-11(12(2)15(18)21-17(3,4)5)13-7-9-14(10-8-13)16(19)20-6/h7-11H,2H2,1,3-6H3. The second-order valence-electron chi connectivity index (χ2n) is 5.86. The fourth-order valence-corrected chi connectivity index (χ4v) is 1.75. The third-order valence-electron chi connectivity index (χ3n) is 3.02. The van der Waals surface area contributed by atoms with Crippen LogP contribution in [0.5, 0.6) is 0 Å². The fourth-order valence-electron chi connectivity index (χ4n) is 1.75. The van der Waals surface area contributed by atoms with Gasteiger partial charge in [-0.15, -0.1) is 0 Å². The number of hydrogen-bond donors (Lipinski definition) is 0. The monoisotopic (exact) mass is 290 g/mol. The Morgan fingerprint density at radius 1 is 1.14 bits per heavy atom. The van der Waals surface area contributed by atoms with E-state index in [-0.39, 0.29) is 11.9 Å². The lowest BCUT2D eigenvalue weighted by molar-refractivity contribution is -0.150. The number of methoxy groups -OCH3 is 1. The first-order chi connectivity index (χ1) is 9.65. The Kier molecular flexibility index (Phi) is 5.30. The highest BCUT2D eigenvalue weighted by molar-refractivity contribution is 5.90. The summed E-state index contributed by atoms with van der Waals surface area (Å²) < 4.78 is 9.96. The molecule has 1 aromatic carbocycles. The Labute approximate surface area is 125 Å². The van der Waals surface area contributed by atoms with E-state index in [1.807, 2.05) is 27.7 Å². The molecule has 0 aliphatic carbocycles. The molecule has 0 aliphatic rings. The van der Waals surface area contributed by atoms with E-state index in [9.17, 15) is 9.59 Å². The molecular formula is C17H22O4. The van der Waals surface area contributed by atoms with Crippen molar-refractivity contribution in [2.45, 2.75) is 39.2 Å². The normalized spacial score (nSPS) is 12.4. The van der Waals surface area contributed by atoms with Crippen LogP contribution in [0.3, 0.4) is 0 Å². The average molecular weight is 290 g/mol. The van der Waals surface area contributed by atoms with Crippen LogP contribution in [0, 0.1) is 0 Å². The second kappa shape index (κ2) is 6.57. The molecule has 1 rings (SSSR count). The lowest BCUT2D eigenvalue weighted by Gasteiger charge is -2.22. The van der Waals surface area contributed by atoms with Crippen LogP contribution in [0.2, 0.25) is 0 Å². The molecule has 0 saturated heterocycles. The number of benzene rings is 1. The Hall–Kier alpha value is -2.10. The van der Waals surface area contributed by atoms with Crippen LogP contribution in [0.15, 0.2) is 36.4 Å². The zero-order valence-corrected chi connectivity index (χ0v) is 13.2. The van der Waals surface area contributed by atoms with Crippen LogP contribution in [0.25, 0.3) is 0 Å². The lowest BCUT2D eigenvalue weighted by atomic mass is 9.93. The Morgan fingerprint density at radius 3 is 2.10 bits per heavy atom. The van der Waals surface area contributed by atoms with Crippen LogP contribution in [0.4, 0.5) is 0 Å². The van der Waals surface area contributed by atoms with Crippen molar-refractivity contribution in [3.63, 3.8) is 0 Å². The zero-order valence-electron chi connectivity index (χ0n) is 13.2. The van der Waals surface area contributed by atoms with Gasteiger partial charge in [0.1, 0.15) is 5.60 Å². The topological polar surface area (TPSA) is 52.6 Å². The van der Waals surface area contributed by atoms with E-state index in [4.69, 9.17) is 4.74 Å². The van der Waals surface area contributed by atoms with Gasteiger partial charge in [0.2, 0.25) is 0 Å². The first-order valence-corrected chi connectivity index (χ1v) is 6.76. The molecule has 0 saturated carbocycles. The predicted octanol–water partition coefficient (Wildman–Crippen LogP) is 3.47. The Balaban J connectivity index is 2.83. The molecule has 4 nitrogen and oxygen atoms in total. The maximum atomic E-state index is 12.0. The average Bonchev–Trinajstić information content (AvgIpc) is 2.43. The first-order valence-electron chi connectivity index (χ1n) is 6.76. The van der Waals surface area contributed by atoms with E-state index in [0.29, 0.717) is 11.1 Å². The minimum absolute atomic E-state index is 0.188. The van der Waals surface area contributed by atoms with Crippen molar-refractivity contribution in [3.8, 4) is 0 Å². The van der Waals surface area contributed by atoms with Gasteiger partial charge in [-0.3, -0.25) is 0 Å². The molecule has 4 heteroatoms. The summed E-state index contributed by atoms with van der Waals surface area (Å²) in [6.45, 7) is 11.1. The fraction of sp³-hybridized carbons (Fsp3) is 0.412. The molecule has 21 heavy (non-hydrogen) atoms. The van der Waals surface area contributed by atoms with Gasteiger partial charge in [0.05, 0.1) is 12.7 Å². The lowest BCUT2D eigenvalue weighted by Crippen LogP contribution is -2.25. The van der Waals surface area contributed by atoms with E-state index in [1.54, 1.807) is 24.3 Å². The van der Waals surface area contributed by atoms with Crippen LogP contribution in [-0.2, 0) is 14.3 Å². The molecule has 0 aliphatic heterocycles. The number of esters is 2. The summed E-state index contributed by atoms with van der Waals surface area (Å²) in [5.74, 6) is -0.987. The SMILES string of the molecule is C=C(C(=O)OC(C)(C)C)C(C)c1ccc(C(=O)OC)cc1. The van der Waals surface area contributed by atoms with Gasteiger partial charge in [-0.25, -0.2) is 9.59 Å². The summed E-state index contributed by atoms with van der Waals surface area (Å²) in [5.41, 5.74) is 1.19. The third kappa shape index (κ3) is 4.74. The van der Waals surface area contributed by atoms with Crippen molar-refractivity contribution in [3.05, 3.63) is 47.5 Å². The summed E-state index contributed by atoms with van der Waals surface area (Å²) >= 11 is 0. The zero-order chi connectivity index (χ0) is 16.2. The maximum absolute atomic E-state index is 12.0. The Morgan fingerprint density at radius 2 is 1.67 bits per heavy atom. The molecule has 1 aromatic rings. The molecule has 1 atom stereocenters. The predicted molar refractivity (Wildman–Crippen MR) is 81.2 cm³/mol. The number of rotatable bonds is 4. The van der Waals surface area contributed by atoms with Gasteiger partial charge in [0, 0.05) is 11.5 Å². The van der Waals surface area contributed by atoms with Crippen molar-refractivity contribution in [2.75, 3.05) is 7.11 Å². The van der Waals surface area contributed by atoms with Crippen molar-refractivity contribution in [1.82, 2.24) is 0 Å². The molecule has 114 valence electrons. The van der Waals surface area contributed by atoms with Crippen LogP contribution >= 0.6 is 0 Å². The molecule has 0 amide bonds. The van der Waals surface area contributed by atoms with Crippen molar-refractivity contribution >= 4 is 11.9 Å². The highest BCUT2D eigenvalue weighted by Gasteiger charge is 2.23. The molecule has 0 N–H and O–H groups in total. The van der Waals surface area contributed by atoms with Gasteiger partial charge in [-0.2, -0.15) is 0 Å². The van der Waals surface area contributed by atoms with Gasteiger partial charge in [-0.05, 0) is 38.5 Å². The molecular weight excluding hydrogens is 268 g/mol. The quantitative estimate of drug-likeness (QED) is 0.629. The summed E-state index contributed by atoms with van der Waals surface area (Å²) in [7, 11) is 1.34. The largest absolute Gasteiger partial charge is 0.465 e. The van der Waals surface area contributed by atoms with Gasteiger partial charge < -0.3 is 9.47 Å². The van der Waals surface area contributed by atoms with Crippen LogP contribution in [0.1, 0.15) is 49.5 Å². The van der Waals surface area contributed by atoms with Gasteiger partial charge in [-0.1, -0.05) is 25.6 Å². The molecule has 0 spiro atoms. The van der Waals surface area contributed by atoms with Crippen LogP contribution < -0.4 is 0 Å². The molecule has 0 aromatic heterocycles. The second-order valence-corrected chi connectivity index (χ2v) is 5.86. The first kappa shape index (κ1) is 17.0. The van der Waals surface area contributed by atoms with Gasteiger partial charge >= 0.3 is 11.9 Å². The molecule has 0 fully saturated rings. The smallest absolute Gasteiger partial charge is 0.337 e. The molecule has 0 radical (unpaired) electrons. The van der Waals surface area contributed by atoms with E-state index < -0.39 is 11.6 Å². The van der Waals surface area contributed by atoms with Gasteiger partial charge in [0.25, 0.3) is 0 Å². The van der Waals surface area contributed by atoms with Crippen molar-refractivity contribution in [1.29, 1.82) is 0 Å². The van der Waals surface area contributed by atoms with Crippen molar-refractivity contribution in [2.24, 2.45) is 0 Å².